The standard InChI is InChI=1S/C17H28N4/c1-15(20-13-11-19(2)12-14-20)16-5-9-21(10-6-16)17-3-7-18-8-4-17/h3-4,7-8,15-16H,5-6,9-14H2,1-2H3/t15-/m0/s1. The van der Waals surface area contributed by atoms with Crippen LogP contribution in [0, 0.1) is 5.92 Å². The molecule has 1 aromatic rings. The van der Waals surface area contributed by atoms with Crippen LogP contribution >= 0.6 is 0 Å². The highest BCUT2D eigenvalue weighted by atomic mass is 15.3. The Morgan fingerprint density at radius 3 is 2.24 bits per heavy atom. The molecule has 0 spiro atoms. The topological polar surface area (TPSA) is 22.6 Å². The summed E-state index contributed by atoms with van der Waals surface area (Å²) in [5.74, 6) is 0.853. The first-order valence-corrected chi connectivity index (χ1v) is 8.31. The fourth-order valence-corrected chi connectivity index (χ4v) is 3.72. The Bertz CT molecular complexity index is 420. The predicted octanol–water partition coefficient (Wildman–Crippen LogP) is 1.93. The molecule has 116 valence electrons. The van der Waals surface area contributed by atoms with Gasteiger partial charge in [0.15, 0.2) is 0 Å². The van der Waals surface area contributed by atoms with Gasteiger partial charge in [0.05, 0.1) is 0 Å². The molecule has 2 fully saturated rings. The number of hydrogen-bond donors (Lipinski definition) is 0. The van der Waals surface area contributed by atoms with E-state index >= 15 is 0 Å². The number of piperidine rings is 1. The van der Waals surface area contributed by atoms with Gasteiger partial charge in [-0.05, 0) is 44.9 Å². The molecule has 4 heteroatoms. The van der Waals surface area contributed by atoms with Crippen molar-refractivity contribution in [2.45, 2.75) is 25.8 Å². The number of rotatable bonds is 3. The maximum Gasteiger partial charge on any atom is 0.0397 e. The Morgan fingerprint density at radius 1 is 1.00 bits per heavy atom. The van der Waals surface area contributed by atoms with Gasteiger partial charge in [0.1, 0.15) is 0 Å². The second kappa shape index (κ2) is 6.75. The third-order valence-corrected chi connectivity index (χ3v) is 5.36. The van der Waals surface area contributed by atoms with Crippen molar-refractivity contribution in [2.24, 2.45) is 5.92 Å². The smallest absolute Gasteiger partial charge is 0.0397 e. The second-order valence-electron chi connectivity index (χ2n) is 6.61. The van der Waals surface area contributed by atoms with E-state index in [-0.39, 0.29) is 0 Å². The van der Waals surface area contributed by atoms with Gasteiger partial charge in [-0.25, -0.2) is 0 Å². The molecule has 1 atom stereocenters. The number of likely N-dealkylation sites (N-methyl/N-ethyl adjacent to an activating group) is 1. The summed E-state index contributed by atoms with van der Waals surface area (Å²) in [6, 6.07) is 4.99. The molecular weight excluding hydrogens is 260 g/mol. The molecule has 0 N–H and O–H groups in total. The SMILES string of the molecule is C[C@@H](C1CCN(c2ccncc2)CC1)N1CCN(C)CC1. The highest BCUT2D eigenvalue weighted by Gasteiger charge is 2.29. The molecule has 2 saturated heterocycles. The van der Waals surface area contributed by atoms with Crippen LogP contribution in [0.1, 0.15) is 19.8 Å². The first kappa shape index (κ1) is 14.8. The Labute approximate surface area is 128 Å². The van der Waals surface area contributed by atoms with Crippen molar-refractivity contribution in [1.29, 1.82) is 0 Å². The molecule has 3 rings (SSSR count). The van der Waals surface area contributed by atoms with Crippen molar-refractivity contribution in [3.8, 4) is 0 Å². The van der Waals surface area contributed by atoms with Crippen LogP contribution in [-0.4, -0.2) is 67.1 Å². The van der Waals surface area contributed by atoms with Gasteiger partial charge in [-0.1, -0.05) is 0 Å². The molecule has 2 aliphatic heterocycles. The van der Waals surface area contributed by atoms with Crippen LogP contribution < -0.4 is 4.90 Å². The van der Waals surface area contributed by atoms with Gasteiger partial charge in [0, 0.05) is 63.4 Å². The zero-order valence-electron chi connectivity index (χ0n) is 13.4. The lowest BCUT2D eigenvalue weighted by Gasteiger charge is -2.43. The van der Waals surface area contributed by atoms with E-state index in [0.717, 1.165) is 12.0 Å². The molecule has 0 radical (unpaired) electrons. The minimum atomic E-state index is 0.735. The highest BCUT2D eigenvalue weighted by molar-refractivity contribution is 5.44. The fourth-order valence-electron chi connectivity index (χ4n) is 3.72. The van der Waals surface area contributed by atoms with E-state index in [1.807, 2.05) is 12.4 Å². The number of pyridine rings is 1. The quantitative estimate of drug-likeness (QED) is 0.847. The molecule has 0 bridgehead atoms. The number of anilines is 1. The van der Waals surface area contributed by atoms with Gasteiger partial charge in [-0.15, -0.1) is 0 Å². The molecule has 21 heavy (non-hydrogen) atoms. The molecular formula is C17H28N4. The van der Waals surface area contributed by atoms with Crippen molar-refractivity contribution in [1.82, 2.24) is 14.8 Å². The van der Waals surface area contributed by atoms with Gasteiger partial charge < -0.3 is 9.80 Å². The third kappa shape index (κ3) is 3.55. The molecule has 3 heterocycles. The van der Waals surface area contributed by atoms with E-state index in [1.54, 1.807) is 0 Å². The van der Waals surface area contributed by atoms with Gasteiger partial charge in [0.2, 0.25) is 0 Å². The highest BCUT2D eigenvalue weighted by Crippen LogP contribution is 2.27. The Kier molecular flexibility index (Phi) is 4.76. The fraction of sp³-hybridized carbons (Fsp3) is 0.706. The minimum absolute atomic E-state index is 0.735. The number of hydrogen-bond acceptors (Lipinski definition) is 4. The van der Waals surface area contributed by atoms with Crippen LogP contribution in [0.15, 0.2) is 24.5 Å². The molecule has 0 saturated carbocycles. The van der Waals surface area contributed by atoms with Crippen LogP contribution in [0.3, 0.4) is 0 Å². The van der Waals surface area contributed by atoms with E-state index in [1.165, 1.54) is 57.8 Å². The van der Waals surface area contributed by atoms with Crippen LogP contribution in [0.25, 0.3) is 0 Å². The van der Waals surface area contributed by atoms with E-state index in [2.05, 4.69) is 45.8 Å². The molecule has 0 aromatic carbocycles. The van der Waals surface area contributed by atoms with Crippen molar-refractivity contribution < 1.29 is 0 Å². The van der Waals surface area contributed by atoms with Crippen LogP contribution in [0.4, 0.5) is 5.69 Å². The summed E-state index contributed by atoms with van der Waals surface area (Å²) >= 11 is 0. The van der Waals surface area contributed by atoms with Crippen molar-refractivity contribution >= 4 is 5.69 Å². The first-order valence-electron chi connectivity index (χ1n) is 8.31. The van der Waals surface area contributed by atoms with Crippen LogP contribution in [-0.2, 0) is 0 Å². The average molecular weight is 288 g/mol. The summed E-state index contributed by atoms with van der Waals surface area (Å²) in [6.45, 7) is 9.74. The first-order chi connectivity index (χ1) is 10.2. The second-order valence-corrected chi connectivity index (χ2v) is 6.61. The summed E-state index contributed by atoms with van der Waals surface area (Å²) in [5, 5.41) is 0. The number of nitrogens with zero attached hydrogens (tertiary/aromatic N) is 4. The number of aromatic nitrogens is 1. The summed E-state index contributed by atoms with van der Waals surface area (Å²) in [7, 11) is 2.23. The van der Waals surface area contributed by atoms with E-state index in [4.69, 9.17) is 0 Å². The van der Waals surface area contributed by atoms with E-state index in [0.29, 0.717) is 0 Å². The van der Waals surface area contributed by atoms with Crippen molar-refractivity contribution in [3.05, 3.63) is 24.5 Å². The Hall–Kier alpha value is -1.13. The average Bonchev–Trinajstić information content (AvgIpc) is 2.56. The Morgan fingerprint density at radius 2 is 1.62 bits per heavy atom. The lowest BCUT2D eigenvalue weighted by molar-refractivity contribution is 0.0814. The summed E-state index contributed by atoms with van der Waals surface area (Å²) in [4.78, 5) is 11.8. The van der Waals surface area contributed by atoms with Crippen LogP contribution in [0.2, 0.25) is 0 Å². The lowest BCUT2D eigenvalue weighted by atomic mass is 9.89. The van der Waals surface area contributed by atoms with Gasteiger partial charge in [0.25, 0.3) is 0 Å². The summed E-state index contributed by atoms with van der Waals surface area (Å²) in [5.41, 5.74) is 1.33. The van der Waals surface area contributed by atoms with Crippen LogP contribution in [0.5, 0.6) is 0 Å². The minimum Gasteiger partial charge on any atom is -0.371 e. The summed E-state index contributed by atoms with van der Waals surface area (Å²) in [6.07, 6.45) is 6.42. The van der Waals surface area contributed by atoms with Gasteiger partial charge in [-0.2, -0.15) is 0 Å². The maximum atomic E-state index is 4.11. The maximum absolute atomic E-state index is 4.11. The molecule has 1 aromatic heterocycles. The van der Waals surface area contributed by atoms with E-state index in [9.17, 15) is 0 Å². The van der Waals surface area contributed by atoms with Crippen molar-refractivity contribution in [2.75, 3.05) is 51.2 Å². The van der Waals surface area contributed by atoms with Gasteiger partial charge >= 0.3 is 0 Å². The zero-order valence-corrected chi connectivity index (χ0v) is 13.4. The monoisotopic (exact) mass is 288 g/mol. The third-order valence-electron chi connectivity index (χ3n) is 5.36. The summed E-state index contributed by atoms with van der Waals surface area (Å²) < 4.78 is 0. The van der Waals surface area contributed by atoms with E-state index < -0.39 is 0 Å². The number of piperazine rings is 1. The largest absolute Gasteiger partial charge is 0.371 e. The van der Waals surface area contributed by atoms with Gasteiger partial charge in [-0.3, -0.25) is 9.88 Å². The zero-order chi connectivity index (χ0) is 14.7. The molecule has 0 amide bonds. The molecule has 0 unspecified atom stereocenters. The molecule has 0 aliphatic carbocycles. The predicted molar refractivity (Wildman–Crippen MR) is 87.7 cm³/mol. The lowest BCUT2D eigenvalue weighted by Crippen LogP contribution is -2.51. The molecule has 4 nitrogen and oxygen atoms in total. The van der Waals surface area contributed by atoms with Crippen molar-refractivity contribution in [3.63, 3.8) is 0 Å². The normalized spacial score (nSPS) is 24.2. The molecule has 2 aliphatic rings. The Balaban J connectivity index is 1.51.